The zero-order chi connectivity index (χ0) is 16.0. The Morgan fingerprint density at radius 3 is 2.38 bits per heavy atom. The van der Waals surface area contributed by atoms with Crippen molar-refractivity contribution in [2.75, 3.05) is 0 Å². The van der Waals surface area contributed by atoms with Crippen LogP contribution in [0.4, 0.5) is 13.2 Å². The Labute approximate surface area is 122 Å². The first kappa shape index (κ1) is 16.3. The van der Waals surface area contributed by atoms with E-state index in [4.69, 9.17) is 9.84 Å². The van der Waals surface area contributed by atoms with Crippen molar-refractivity contribution in [2.45, 2.75) is 58.4 Å². The van der Waals surface area contributed by atoms with Gasteiger partial charge >= 0.3 is 12.1 Å². The first-order chi connectivity index (χ1) is 9.50. The molecule has 21 heavy (non-hydrogen) atoms. The molecule has 0 aromatic carbocycles. The van der Waals surface area contributed by atoms with Crippen LogP contribution < -0.4 is 0 Å². The molecule has 1 aliphatic carbocycles. The zero-order valence-electron chi connectivity index (χ0n) is 12.4. The van der Waals surface area contributed by atoms with Gasteiger partial charge in [-0.2, -0.15) is 13.2 Å². The van der Waals surface area contributed by atoms with Gasteiger partial charge in [0.15, 0.2) is 6.10 Å². The van der Waals surface area contributed by atoms with E-state index in [1.165, 1.54) is 6.08 Å². The lowest BCUT2D eigenvalue weighted by atomic mass is 9.67. The van der Waals surface area contributed by atoms with E-state index in [1.807, 2.05) is 0 Å². The molecule has 120 valence electrons. The van der Waals surface area contributed by atoms with Crippen molar-refractivity contribution in [3.8, 4) is 0 Å². The molecule has 0 aromatic heterocycles. The van der Waals surface area contributed by atoms with Crippen LogP contribution in [0.2, 0.25) is 0 Å². The third-order valence-corrected chi connectivity index (χ3v) is 4.60. The molecular weight excluding hydrogens is 285 g/mol. The van der Waals surface area contributed by atoms with E-state index < -0.39 is 29.9 Å². The summed E-state index contributed by atoms with van der Waals surface area (Å²) in [4.78, 5) is 11.1. The lowest BCUT2D eigenvalue weighted by Gasteiger charge is -2.44. The SMILES string of the molecule is CC(C)(C)C1CCC2C=C(C(=O)O)C(C(F)(F)F)OC2C1. The smallest absolute Gasteiger partial charge is 0.419 e. The standard InChI is InChI=1S/C15H21F3O3/c1-14(2,3)9-5-4-8-6-10(13(19)20)12(15(16,17)18)21-11(8)7-9/h6,8-9,11-12H,4-5,7H2,1-3H3,(H,19,20). The van der Waals surface area contributed by atoms with Gasteiger partial charge in [-0.25, -0.2) is 4.79 Å². The molecule has 1 saturated carbocycles. The highest BCUT2D eigenvalue weighted by molar-refractivity contribution is 5.88. The number of carbonyl (C=O) groups is 1. The monoisotopic (exact) mass is 306 g/mol. The topological polar surface area (TPSA) is 46.5 Å². The van der Waals surface area contributed by atoms with Crippen molar-refractivity contribution in [1.82, 2.24) is 0 Å². The van der Waals surface area contributed by atoms with Gasteiger partial charge in [-0.05, 0) is 30.6 Å². The molecule has 4 unspecified atom stereocenters. The third-order valence-electron chi connectivity index (χ3n) is 4.60. The predicted molar refractivity (Wildman–Crippen MR) is 70.7 cm³/mol. The van der Waals surface area contributed by atoms with Crippen LogP contribution >= 0.6 is 0 Å². The predicted octanol–water partition coefficient (Wildman–Crippen LogP) is 3.79. The number of carboxylic acid groups (broad SMARTS) is 1. The number of rotatable bonds is 1. The molecule has 3 nitrogen and oxygen atoms in total. The normalized spacial score (nSPS) is 34.1. The van der Waals surface area contributed by atoms with E-state index in [2.05, 4.69) is 20.8 Å². The molecule has 4 atom stereocenters. The second-order valence-electron chi connectivity index (χ2n) is 7.06. The van der Waals surface area contributed by atoms with Crippen molar-refractivity contribution >= 4 is 5.97 Å². The van der Waals surface area contributed by atoms with E-state index in [0.29, 0.717) is 12.8 Å². The van der Waals surface area contributed by atoms with Crippen molar-refractivity contribution in [1.29, 1.82) is 0 Å². The zero-order valence-corrected chi connectivity index (χ0v) is 12.4. The fraction of sp³-hybridized carbons (Fsp3) is 0.800. The average Bonchev–Trinajstić information content (AvgIpc) is 2.34. The molecule has 0 amide bonds. The number of halogens is 3. The largest absolute Gasteiger partial charge is 0.478 e. The highest BCUT2D eigenvalue weighted by Gasteiger charge is 2.51. The molecule has 2 rings (SSSR count). The summed E-state index contributed by atoms with van der Waals surface area (Å²) in [5.41, 5.74) is -0.656. The van der Waals surface area contributed by atoms with Crippen LogP contribution in [0, 0.1) is 17.3 Å². The van der Waals surface area contributed by atoms with Gasteiger partial charge in [0.1, 0.15) is 0 Å². The van der Waals surface area contributed by atoms with Gasteiger partial charge in [-0.15, -0.1) is 0 Å². The highest BCUT2D eigenvalue weighted by atomic mass is 19.4. The molecule has 1 heterocycles. The first-order valence-electron chi connectivity index (χ1n) is 7.17. The Bertz CT molecular complexity index is 448. The average molecular weight is 306 g/mol. The van der Waals surface area contributed by atoms with Crippen LogP contribution in [0.15, 0.2) is 11.6 Å². The van der Waals surface area contributed by atoms with Crippen LogP contribution in [0.25, 0.3) is 0 Å². The third kappa shape index (κ3) is 3.42. The molecule has 1 N–H and O–H groups in total. The van der Waals surface area contributed by atoms with Gasteiger partial charge in [0.2, 0.25) is 0 Å². The van der Waals surface area contributed by atoms with Crippen LogP contribution in [-0.4, -0.2) is 29.5 Å². The van der Waals surface area contributed by atoms with Crippen LogP contribution in [0.3, 0.4) is 0 Å². The fourth-order valence-electron chi connectivity index (χ4n) is 3.29. The number of hydrogen-bond donors (Lipinski definition) is 1. The van der Waals surface area contributed by atoms with Crippen molar-refractivity contribution in [3.63, 3.8) is 0 Å². The highest BCUT2D eigenvalue weighted by Crippen LogP contribution is 2.45. The summed E-state index contributed by atoms with van der Waals surface area (Å²) in [5.74, 6) is -1.49. The molecule has 2 aliphatic rings. The number of aliphatic carboxylic acids is 1. The molecule has 0 radical (unpaired) electrons. The lowest BCUT2D eigenvalue weighted by molar-refractivity contribution is -0.235. The second kappa shape index (κ2) is 5.30. The summed E-state index contributed by atoms with van der Waals surface area (Å²) in [7, 11) is 0. The molecule has 1 aliphatic heterocycles. The van der Waals surface area contributed by atoms with Crippen LogP contribution in [0.1, 0.15) is 40.0 Å². The van der Waals surface area contributed by atoms with E-state index in [0.717, 1.165) is 6.42 Å². The maximum Gasteiger partial charge on any atom is 0.419 e. The minimum Gasteiger partial charge on any atom is -0.478 e. The van der Waals surface area contributed by atoms with Crippen molar-refractivity contribution < 1.29 is 27.8 Å². The fourth-order valence-corrected chi connectivity index (χ4v) is 3.29. The van der Waals surface area contributed by atoms with Gasteiger partial charge in [0.25, 0.3) is 0 Å². The van der Waals surface area contributed by atoms with Gasteiger partial charge in [0.05, 0.1) is 11.7 Å². The van der Waals surface area contributed by atoms with Gasteiger partial charge < -0.3 is 9.84 Å². The summed E-state index contributed by atoms with van der Waals surface area (Å²) in [6.07, 6.45) is -4.17. The van der Waals surface area contributed by atoms with E-state index >= 15 is 0 Å². The van der Waals surface area contributed by atoms with E-state index in [9.17, 15) is 18.0 Å². The first-order valence-corrected chi connectivity index (χ1v) is 7.17. The number of fused-ring (bicyclic) bond motifs is 1. The number of ether oxygens (including phenoxy) is 1. The Hall–Kier alpha value is -1.04. The van der Waals surface area contributed by atoms with E-state index in [1.54, 1.807) is 0 Å². The number of hydrogen-bond acceptors (Lipinski definition) is 2. The summed E-state index contributed by atoms with van der Waals surface area (Å²) < 4.78 is 44.2. The summed E-state index contributed by atoms with van der Waals surface area (Å²) in [6, 6.07) is 0. The summed E-state index contributed by atoms with van der Waals surface area (Å²) in [5, 5.41) is 9.00. The minimum absolute atomic E-state index is 0.0127. The summed E-state index contributed by atoms with van der Waals surface area (Å²) in [6.45, 7) is 6.21. The molecule has 1 fully saturated rings. The Morgan fingerprint density at radius 1 is 1.29 bits per heavy atom. The van der Waals surface area contributed by atoms with Crippen LogP contribution in [-0.2, 0) is 9.53 Å². The minimum atomic E-state index is -4.69. The molecule has 0 saturated heterocycles. The lowest BCUT2D eigenvalue weighted by Crippen LogP contribution is -2.47. The second-order valence-corrected chi connectivity index (χ2v) is 7.06. The molecule has 0 aromatic rings. The summed E-state index contributed by atoms with van der Waals surface area (Å²) >= 11 is 0. The Kier molecular flexibility index (Phi) is 4.12. The molecule has 0 spiro atoms. The quantitative estimate of drug-likeness (QED) is 0.801. The van der Waals surface area contributed by atoms with E-state index in [-0.39, 0.29) is 17.3 Å². The van der Waals surface area contributed by atoms with Gasteiger partial charge in [0, 0.05) is 5.92 Å². The van der Waals surface area contributed by atoms with Crippen molar-refractivity contribution in [3.05, 3.63) is 11.6 Å². The van der Waals surface area contributed by atoms with Crippen molar-refractivity contribution in [2.24, 2.45) is 17.3 Å². The van der Waals surface area contributed by atoms with Gasteiger partial charge in [-0.3, -0.25) is 0 Å². The molecule has 0 bridgehead atoms. The number of alkyl halides is 3. The molecular formula is C15H21F3O3. The maximum absolute atomic E-state index is 13.0. The Balaban J connectivity index is 2.25. The molecule has 6 heteroatoms. The van der Waals surface area contributed by atoms with Crippen LogP contribution in [0.5, 0.6) is 0 Å². The van der Waals surface area contributed by atoms with Gasteiger partial charge in [-0.1, -0.05) is 26.8 Å². The number of carboxylic acids is 1. The maximum atomic E-state index is 13.0. The Morgan fingerprint density at radius 2 is 1.90 bits per heavy atom.